The van der Waals surface area contributed by atoms with E-state index in [2.05, 4.69) is 23.8 Å². The Morgan fingerprint density at radius 1 is 1.20 bits per heavy atom. The van der Waals surface area contributed by atoms with Crippen LogP contribution in [0.2, 0.25) is 0 Å². The van der Waals surface area contributed by atoms with Crippen LogP contribution in [0, 0.1) is 13.8 Å². The zero-order chi connectivity index (χ0) is 18.0. The SMILES string of the molecule is CCCN(CCC)C(=O)c1sc2nc(-c3ccco3)nc(C)c2c1C. The molecule has 0 N–H and O–H groups in total. The normalized spacial score (nSPS) is 11.2. The summed E-state index contributed by atoms with van der Waals surface area (Å²) in [6.07, 6.45) is 3.52. The van der Waals surface area contributed by atoms with Crippen LogP contribution in [0.5, 0.6) is 0 Å². The quantitative estimate of drug-likeness (QED) is 0.634. The van der Waals surface area contributed by atoms with Gasteiger partial charge in [-0.05, 0) is 44.4 Å². The van der Waals surface area contributed by atoms with Crippen molar-refractivity contribution in [2.24, 2.45) is 0 Å². The van der Waals surface area contributed by atoms with Gasteiger partial charge in [0.1, 0.15) is 4.83 Å². The van der Waals surface area contributed by atoms with E-state index in [1.54, 1.807) is 6.26 Å². The third-order valence-electron chi connectivity index (χ3n) is 4.18. The maximum absolute atomic E-state index is 13.0. The molecule has 3 heterocycles. The molecule has 3 rings (SSSR count). The molecule has 0 spiro atoms. The minimum absolute atomic E-state index is 0.100. The maximum atomic E-state index is 13.0. The van der Waals surface area contributed by atoms with E-state index >= 15 is 0 Å². The Labute approximate surface area is 151 Å². The minimum Gasteiger partial charge on any atom is -0.461 e. The van der Waals surface area contributed by atoms with E-state index in [1.807, 2.05) is 30.9 Å². The third kappa shape index (κ3) is 3.31. The first-order chi connectivity index (χ1) is 12.1. The molecule has 132 valence electrons. The van der Waals surface area contributed by atoms with Crippen LogP contribution < -0.4 is 0 Å². The van der Waals surface area contributed by atoms with Gasteiger partial charge in [-0.3, -0.25) is 4.79 Å². The van der Waals surface area contributed by atoms with E-state index in [0.29, 0.717) is 11.6 Å². The molecule has 0 aliphatic carbocycles. The van der Waals surface area contributed by atoms with Gasteiger partial charge in [-0.2, -0.15) is 0 Å². The number of furan rings is 1. The highest BCUT2D eigenvalue weighted by atomic mass is 32.1. The van der Waals surface area contributed by atoms with Gasteiger partial charge < -0.3 is 9.32 Å². The van der Waals surface area contributed by atoms with Gasteiger partial charge in [-0.1, -0.05) is 13.8 Å². The summed E-state index contributed by atoms with van der Waals surface area (Å²) < 4.78 is 5.41. The topological polar surface area (TPSA) is 59.2 Å². The summed E-state index contributed by atoms with van der Waals surface area (Å²) in [5, 5.41) is 0.983. The van der Waals surface area contributed by atoms with Crippen molar-refractivity contribution in [2.45, 2.75) is 40.5 Å². The van der Waals surface area contributed by atoms with Gasteiger partial charge in [0, 0.05) is 18.5 Å². The molecule has 0 fully saturated rings. The Bertz CT molecular complexity index is 878. The van der Waals surface area contributed by atoms with Crippen LogP contribution in [-0.4, -0.2) is 33.9 Å². The smallest absolute Gasteiger partial charge is 0.264 e. The molecule has 25 heavy (non-hydrogen) atoms. The number of amides is 1. The number of aryl methyl sites for hydroxylation is 2. The van der Waals surface area contributed by atoms with Crippen molar-refractivity contribution in [1.82, 2.24) is 14.9 Å². The third-order valence-corrected chi connectivity index (χ3v) is 5.35. The average Bonchev–Trinajstić information content (AvgIpc) is 3.22. The monoisotopic (exact) mass is 357 g/mol. The minimum atomic E-state index is 0.100. The predicted molar refractivity (Wildman–Crippen MR) is 101 cm³/mol. The zero-order valence-corrected chi connectivity index (χ0v) is 15.9. The first-order valence-corrected chi connectivity index (χ1v) is 9.49. The summed E-state index contributed by atoms with van der Waals surface area (Å²) >= 11 is 1.45. The highest BCUT2D eigenvalue weighted by molar-refractivity contribution is 7.20. The number of rotatable bonds is 6. The number of nitrogens with zero attached hydrogens (tertiary/aromatic N) is 3. The first-order valence-electron chi connectivity index (χ1n) is 8.67. The van der Waals surface area contributed by atoms with E-state index < -0.39 is 0 Å². The van der Waals surface area contributed by atoms with E-state index in [1.165, 1.54) is 11.3 Å². The lowest BCUT2D eigenvalue weighted by atomic mass is 10.1. The molecule has 3 aromatic heterocycles. The molecule has 3 aromatic rings. The van der Waals surface area contributed by atoms with Crippen molar-refractivity contribution in [1.29, 1.82) is 0 Å². The number of thiophene rings is 1. The molecule has 0 saturated carbocycles. The highest BCUT2D eigenvalue weighted by Crippen LogP contribution is 2.33. The lowest BCUT2D eigenvalue weighted by molar-refractivity contribution is 0.0760. The Hall–Kier alpha value is -2.21. The van der Waals surface area contributed by atoms with Crippen LogP contribution in [0.3, 0.4) is 0 Å². The van der Waals surface area contributed by atoms with Gasteiger partial charge in [-0.15, -0.1) is 11.3 Å². The van der Waals surface area contributed by atoms with Crippen LogP contribution in [0.15, 0.2) is 22.8 Å². The van der Waals surface area contributed by atoms with Crippen LogP contribution in [-0.2, 0) is 0 Å². The second-order valence-electron chi connectivity index (χ2n) is 6.14. The summed E-state index contributed by atoms with van der Waals surface area (Å²) in [6.45, 7) is 9.70. The Morgan fingerprint density at radius 3 is 2.52 bits per heavy atom. The van der Waals surface area contributed by atoms with Crippen LogP contribution in [0.4, 0.5) is 0 Å². The summed E-state index contributed by atoms with van der Waals surface area (Å²) in [4.78, 5) is 25.8. The molecule has 0 aliphatic heterocycles. The lowest BCUT2D eigenvalue weighted by Gasteiger charge is -2.21. The Balaban J connectivity index is 2.07. The number of hydrogen-bond acceptors (Lipinski definition) is 5. The van der Waals surface area contributed by atoms with E-state index in [0.717, 1.165) is 52.3 Å². The standard InChI is InChI=1S/C19H23N3O2S/c1-5-9-22(10-6-2)19(23)16-12(3)15-13(4)20-17(21-18(15)25-16)14-8-7-11-24-14/h7-8,11H,5-6,9-10H2,1-4H3. The fourth-order valence-corrected chi connectivity index (χ4v) is 4.26. The zero-order valence-electron chi connectivity index (χ0n) is 15.1. The molecular weight excluding hydrogens is 334 g/mol. The molecule has 0 unspecified atom stereocenters. The fraction of sp³-hybridized carbons (Fsp3) is 0.421. The summed E-state index contributed by atoms with van der Waals surface area (Å²) in [7, 11) is 0. The average molecular weight is 357 g/mol. The molecule has 0 radical (unpaired) electrons. The maximum Gasteiger partial charge on any atom is 0.264 e. The largest absolute Gasteiger partial charge is 0.461 e. The summed E-state index contributed by atoms with van der Waals surface area (Å²) in [5.41, 5.74) is 1.85. The molecule has 0 aliphatic rings. The van der Waals surface area contributed by atoms with Crippen LogP contribution in [0.1, 0.15) is 47.6 Å². The molecule has 0 saturated heterocycles. The first kappa shape index (κ1) is 17.6. The Morgan fingerprint density at radius 2 is 1.92 bits per heavy atom. The van der Waals surface area contributed by atoms with Gasteiger partial charge in [-0.25, -0.2) is 9.97 Å². The molecule has 1 amide bonds. The van der Waals surface area contributed by atoms with Crippen LogP contribution in [0.25, 0.3) is 21.8 Å². The van der Waals surface area contributed by atoms with E-state index in [9.17, 15) is 4.79 Å². The van der Waals surface area contributed by atoms with Crippen molar-refractivity contribution >= 4 is 27.5 Å². The summed E-state index contributed by atoms with van der Waals surface area (Å²) in [6, 6.07) is 3.66. The number of aromatic nitrogens is 2. The van der Waals surface area contributed by atoms with Crippen molar-refractivity contribution in [3.05, 3.63) is 34.5 Å². The van der Waals surface area contributed by atoms with E-state index in [4.69, 9.17) is 4.42 Å². The molecule has 0 atom stereocenters. The number of hydrogen-bond donors (Lipinski definition) is 0. The highest BCUT2D eigenvalue weighted by Gasteiger charge is 2.23. The molecule has 5 nitrogen and oxygen atoms in total. The second kappa shape index (κ2) is 7.35. The van der Waals surface area contributed by atoms with Crippen molar-refractivity contribution in [2.75, 3.05) is 13.1 Å². The van der Waals surface area contributed by atoms with Gasteiger partial charge in [0.15, 0.2) is 11.6 Å². The van der Waals surface area contributed by atoms with E-state index in [-0.39, 0.29) is 5.91 Å². The Kier molecular flexibility index (Phi) is 5.18. The number of carbonyl (C=O) groups is 1. The van der Waals surface area contributed by atoms with Crippen molar-refractivity contribution in [3.63, 3.8) is 0 Å². The summed E-state index contributed by atoms with van der Waals surface area (Å²) in [5.74, 6) is 1.31. The van der Waals surface area contributed by atoms with Gasteiger partial charge in [0.2, 0.25) is 0 Å². The van der Waals surface area contributed by atoms with Gasteiger partial charge in [0.25, 0.3) is 5.91 Å². The van der Waals surface area contributed by atoms with Crippen molar-refractivity contribution < 1.29 is 9.21 Å². The van der Waals surface area contributed by atoms with Gasteiger partial charge >= 0.3 is 0 Å². The van der Waals surface area contributed by atoms with Gasteiger partial charge in [0.05, 0.1) is 16.8 Å². The molecule has 0 bridgehead atoms. The predicted octanol–water partition coefficient (Wildman–Crippen LogP) is 4.83. The fourth-order valence-electron chi connectivity index (χ4n) is 3.06. The number of carbonyl (C=O) groups excluding carboxylic acids is 1. The number of fused-ring (bicyclic) bond motifs is 1. The molecular formula is C19H23N3O2S. The molecule has 0 aromatic carbocycles. The van der Waals surface area contributed by atoms with Crippen molar-refractivity contribution in [3.8, 4) is 11.6 Å². The lowest BCUT2D eigenvalue weighted by Crippen LogP contribution is -2.32. The molecule has 6 heteroatoms. The second-order valence-corrected chi connectivity index (χ2v) is 7.14. The van der Waals surface area contributed by atoms with Crippen LogP contribution >= 0.6 is 11.3 Å².